The normalized spacial score (nSPS) is 15.4. The molecule has 8 heteroatoms. The highest BCUT2D eigenvalue weighted by atomic mass is 35.5. The summed E-state index contributed by atoms with van der Waals surface area (Å²) in [6.45, 7) is -0.380. The van der Waals surface area contributed by atoms with E-state index >= 15 is 0 Å². The van der Waals surface area contributed by atoms with Gasteiger partial charge in [0.1, 0.15) is 13.1 Å². The van der Waals surface area contributed by atoms with E-state index in [4.69, 9.17) is 28.9 Å². The zero-order valence-electron chi connectivity index (χ0n) is 9.57. The Bertz CT molecular complexity index is 550. The van der Waals surface area contributed by atoms with Gasteiger partial charge in [-0.15, -0.1) is 0 Å². The van der Waals surface area contributed by atoms with Gasteiger partial charge >= 0.3 is 0 Å². The zero-order valence-corrected chi connectivity index (χ0v) is 11.1. The maximum atomic E-state index is 12.1. The molecule has 3 amide bonds. The van der Waals surface area contributed by atoms with E-state index in [9.17, 15) is 14.4 Å². The molecule has 0 spiro atoms. The summed E-state index contributed by atoms with van der Waals surface area (Å²) >= 11 is 11.6. The molecule has 1 fully saturated rings. The molecule has 0 aliphatic carbocycles. The van der Waals surface area contributed by atoms with Gasteiger partial charge in [-0.05, 0) is 12.1 Å². The van der Waals surface area contributed by atoms with Crippen molar-refractivity contribution in [3.63, 3.8) is 0 Å². The van der Waals surface area contributed by atoms with Gasteiger partial charge in [0.15, 0.2) is 0 Å². The Balaban J connectivity index is 2.29. The molecular weight excluding hydrogens is 293 g/mol. The molecule has 3 N–H and O–H groups in total. The molecule has 19 heavy (non-hydrogen) atoms. The fourth-order valence-corrected chi connectivity index (χ4v) is 2.03. The summed E-state index contributed by atoms with van der Waals surface area (Å²) in [6, 6.07) is 2.70. The Morgan fingerprint density at radius 2 is 1.79 bits per heavy atom. The number of hydrogen-bond donors (Lipinski definition) is 2. The van der Waals surface area contributed by atoms with Gasteiger partial charge in [-0.3, -0.25) is 19.7 Å². The Morgan fingerprint density at radius 3 is 2.32 bits per heavy atom. The number of piperazine rings is 1. The Kier molecular flexibility index (Phi) is 3.64. The molecule has 0 aromatic heterocycles. The number of nitrogen functional groups attached to an aromatic ring is 1. The van der Waals surface area contributed by atoms with E-state index < -0.39 is 17.7 Å². The van der Waals surface area contributed by atoms with E-state index in [1.165, 1.54) is 12.1 Å². The van der Waals surface area contributed by atoms with E-state index in [1.807, 2.05) is 0 Å². The van der Waals surface area contributed by atoms with Gasteiger partial charge in [0, 0.05) is 5.56 Å². The number of nitrogens with zero attached hydrogens (tertiary/aromatic N) is 1. The third-order valence-corrected chi connectivity index (χ3v) is 3.35. The van der Waals surface area contributed by atoms with Crippen LogP contribution in [0.2, 0.25) is 10.0 Å². The van der Waals surface area contributed by atoms with Gasteiger partial charge in [0.05, 0.1) is 15.7 Å². The summed E-state index contributed by atoms with van der Waals surface area (Å²) < 4.78 is 0. The number of hydrogen-bond acceptors (Lipinski definition) is 4. The second-order valence-electron chi connectivity index (χ2n) is 3.99. The van der Waals surface area contributed by atoms with E-state index in [1.54, 1.807) is 0 Å². The highest BCUT2D eigenvalue weighted by Crippen LogP contribution is 2.29. The van der Waals surface area contributed by atoms with Crippen molar-refractivity contribution < 1.29 is 14.4 Å². The van der Waals surface area contributed by atoms with Crippen molar-refractivity contribution in [1.82, 2.24) is 10.2 Å². The SMILES string of the molecule is Nc1cc(C(=O)N2CC(=O)NC(=O)C2)cc(Cl)c1Cl. The van der Waals surface area contributed by atoms with Crippen LogP contribution in [-0.2, 0) is 9.59 Å². The van der Waals surface area contributed by atoms with Gasteiger partial charge in [-0.2, -0.15) is 0 Å². The molecule has 1 heterocycles. The molecule has 1 aromatic carbocycles. The van der Waals surface area contributed by atoms with Crippen molar-refractivity contribution >= 4 is 46.6 Å². The van der Waals surface area contributed by atoms with Gasteiger partial charge < -0.3 is 10.6 Å². The van der Waals surface area contributed by atoms with E-state index in [-0.39, 0.29) is 34.4 Å². The summed E-state index contributed by atoms with van der Waals surface area (Å²) in [4.78, 5) is 35.7. The van der Waals surface area contributed by atoms with Crippen molar-refractivity contribution in [2.24, 2.45) is 0 Å². The van der Waals surface area contributed by atoms with Gasteiger partial charge in [-0.1, -0.05) is 23.2 Å². The molecule has 6 nitrogen and oxygen atoms in total. The monoisotopic (exact) mass is 301 g/mol. The Hall–Kier alpha value is -1.79. The van der Waals surface area contributed by atoms with Crippen LogP contribution in [0, 0.1) is 0 Å². The summed E-state index contributed by atoms with van der Waals surface area (Å²) in [5, 5.41) is 2.40. The Labute approximate surface area is 118 Å². The zero-order chi connectivity index (χ0) is 14.2. The first-order valence-electron chi connectivity index (χ1n) is 5.25. The fourth-order valence-electron chi connectivity index (χ4n) is 1.70. The molecule has 0 radical (unpaired) electrons. The predicted molar refractivity (Wildman–Crippen MR) is 69.9 cm³/mol. The smallest absolute Gasteiger partial charge is 0.254 e. The number of imide groups is 1. The number of nitrogens with one attached hydrogen (secondary N) is 1. The molecule has 1 aliphatic heterocycles. The van der Waals surface area contributed by atoms with E-state index in [0.29, 0.717) is 0 Å². The first-order chi connectivity index (χ1) is 8.88. The van der Waals surface area contributed by atoms with Crippen LogP contribution in [0.3, 0.4) is 0 Å². The van der Waals surface area contributed by atoms with Crippen LogP contribution in [-0.4, -0.2) is 35.7 Å². The third-order valence-electron chi connectivity index (χ3n) is 2.54. The number of anilines is 1. The van der Waals surface area contributed by atoms with Crippen LogP contribution in [0.25, 0.3) is 0 Å². The lowest BCUT2D eigenvalue weighted by Gasteiger charge is -2.25. The summed E-state index contributed by atoms with van der Waals surface area (Å²) in [5.74, 6) is -1.57. The number of carbonyl (C=O) groups excluding carboxylic acids is 3. The maximum absolute atomic E-state index is 12.1. The highest BCUT2D eigenvalue weighted by Gasteiger charge is 2.27. The lowest BCUT2D eigenvalue weighted by molar-refractivity contribution is -0.135. The number of halogens is 2. The van der Waals surface area contributed by atoms with Crippen molar-refractivity contribution in [3.05, 3.63) is 27.7 Å². The molecule has 0 bridgehead atoms. The van der Waals surface area contributed by atoms with Crippen LogP contribution in [0.1, 0.15) is 10.4 Å². The van der Waals surface area contributed by atoms with Crippen LogP contribution in [0.15, 0.2) is 12.1 Å². The number of rotatable bonds is 1. The van der Waals surface area contributed by atoms with Crippen molar-refractivity contribution in [2.75, 3.05) is 18.8 Å². The van der Waals surface area contributed by atoms with Crippen LogP contribution in [0.5, 0.6) is 0 Å². The highest BCUT2D eigenvalue weighted by molar-refractivity contribution is 6.43. The van der Waals surface area contributed by atoms with Crippen molar-refractivity contribution in [2.45, 2.75) is 0 Å². The Morgan fingerprint density at radius 1 is 1.21 bits per heavy atom. The summed E-state index contributed by atoms with van der Waals surface area (Å²) in [5.41, 5.74) is 5.94. The molecule has 1 aromatic rings. The maximum Gasteiger partial charge on any atom is 0.254 e. The van der Waals surface area contributed by atoms with Gasteiger partial charge in [0.25, 0.3) is 5.91 Å². The molecular formula is C11H9Cl2N3O3. The lowest BCUT2D eigenvalue weighted by atomic mass is 10.1. The number of benzene rings is 1. The largest absolute Gasteiger partial charge is 0.397 e. The third kappa shape index (κ3) is 2.80. The summed E-state index contributed by atoms with van der Waals surface area (Å²) in [7, 11) is 0. The molecule has 1 saturated heterocycles. The average Bonchev–Trinajstić information content (AvgIpc) is 2.33. The minimum Gasteiger partial charge on any atom is -0.397 e. The topological polar surface area (TPSA) is 92.5 Å². The number of amides is 3. The minimum atomic E-state index is -0.530. The number of carbonyl (C=O) groups is 3. The second kappa shape index (κ2) is 5.07. The van der Waals surface area contributed by atoms with Crippen LogP contribution < -0.4 is 11.1 Å². The molecule has 100 valence electrons. The molecule has 1 aliphatic rings. The standard InChI is InChI=1S/C11H9Cl2N3O3/c12-6-1-5(2-7(14)10(6)13)11(19)16-3-8(17)15-9(18)4-16/h1-2H,3-4,14H2,(H,15,17,18). The number of nitrogens with two attached hydrogens (primary N) is 1. The molecule has 2 rings (SSSR count). The lowest BCUT2D eigenvalue weighted by Crippen LogP contribution is -2.53. The van der Waals surface area contributed by atoms with Crippen molar-refractivity contribution in [3.8, 4) is 0 Å². The first-order valence-corrected chi connectivity index (χ1v) is 6.00. The van der Waals surface area contributed by atoms with Crippen molar-refractivity contribution in [1.29, 1.82) is 0 Å². The second-order valence-corrected chi connectivity index (χ2v) is 4.78. The summed E-state index contributed by atoms with van der Waals surface area (Å²) in [6.07, 6.45) is 0. The van der Waals surface area contributed by atoms with E-state index in [0.717, 1.165) is 4.90 Å². The first kappa shape index (κ1) is 13.6. The predicted octanol–water partition coefficient (Wildman–Crippen LogP) is 0.674. The van der Waals surface area contributed by atoms with Crippen LogP contribution in [0.4, 0.5) is 5.69 Å². The molecule has 0 atom stereocenters. The minimum absolute atomic E-state index is 0.137. The quantitative estimate of drug-likeness (QED) is 0.589. The molecule has 0 unspecified atom stereocenters. The fraction of sp³-hybridized carbons (Fsp3) is 0.182. The van der Waals surface area contributed by atoms with Gasteiger partial charge in [0.2, 0.25) is 11.8 Å². The average molecular weight is 302 g/mol. The van der Waals surface area contributed by atoms with E-state index in [2.05, 4.69) is 5.32 Å². The molecule has 0 saturated carbocycles. The van der Waals surface area contributed by atoms with Gasteiger partial charge in [-0.25, -0.2) is 0 Å². The van der Waals surface area contributed by atoms with Crippen LogP contribution >= 0.6 is 23.2 Å².